The molecule has 0 bridgehead atoms. The van der Waals surface area contributed by atoms with Crippen molar-refractivity contribution >= 4 is 155 Å². The van der Waals surface area contributed by atoms with Gasteiger partial charge in [0.15, 0.2) is 0 Å². The maximum absolute atomic E-state index is 2.63. The van der Waals surface area contributed by atoms with Gasteiger partial charge in [0.25, 0.3) is 20.1 Å². The van der Waals surface area contributed by atoms with Crippen LogP contribution < -0.4 is 73.7 Å². The molecule has 0 atom stereocenters. The number of hydrogen-bond donors (Lipinski definition) is 0. The van der Waals surface area contributed by atoms with E-state index in [1.165, 1.54) is 112 Å². The van der Waals surface area contributed by atoms with Crippen LogP contribution in [-0.2, 0) is 0 Å². The molecule has 74 heavy (non-hydrogen) atoms. The van der Waals surface area contributed by atoms with E-state index in [-0.39, 0.29) is 20.1 Å². The molecule has 0 unspecified atom stereocenters. The van der Waals surface area contributed by atoms with E-state index in [0.29, 0.717) is 0 Å². The van der Waals surface area contributed by atoms with Crippen LogP contribution >= 0.6 is 0 Å². The van der Waals surface area contributed by atoms with Crippen molar-refractivity contribution in [1.29, 1.82) is 0 Å². The maximum Gasteiger partial charge on any atom is 0.252 e. The van der Waals surface area contributed by atoms with Gasteiger partial charge in [0.05, 0.1) is 0 Å². The van der Waals surface area contributed by atoms with Gasteiger partial charge < -0.3 is 24.5 Å². The van der Waals surface area contributed by atoms with Gasteiger partial charge >= 0.3 is 0 Å². The topological polar surface area (TPSA) is 16.2 Å². The third-order valence-corrected chi connectivity index (χ3v) is 16.7. The minimum atomic E-state index is -0.0798. The highest BCUT2D eigenvalue weighted by Gasteiger charge is 2.53. The zero-order chi connectivity index (χ0) is 48.2. The molecule has 8 heteroatoms. The second-order valence-corrected chi connectivity index (χ2v) is 20.3. The Balaban J connectivity index is 1.01. The number of rotatable bonds is 4. The first-order valence-corrected chi connectivity index (χ1v) is 25.9. The molecule has 0 spiro atoms. The quantitative estimate of drug-likeness (QED) is 0.163. The van der Waals surface area contributed by atoms with Crippen LogP contribution in [0.4, 0.5) is 85.3 Å². The number of fused-ring (bicyclic) bond motifs is 14. The molecule has 17 rings (SSSR count). The summed E-state index contributed by atoms with van der Waals surface area (Å²) in [4.78, 5) is 12.8. The summed E-state index contributed by atoms with van der Waals surface area (Å²) in [5, 5.41) is 0. The normalized spacial score (nSPS) is 14.3. The van der Waals surface area contributed by atoms with Gasteiger partial charge in [-0.05, 0) is 152 Å². The summed E-state index contributed by atoms with van der Waals surface area (Å²) in [7, 11) is 0. The summed E-state index contributed by atoms with van der Waals surface area (Å²) in [6, 6.07) is 95.4. The molecule has 5 nitrogen and oxygen atoms in total. The van der Waals surface area contributed by atoms with Crippen molar-refractivity contribution in [3.05, 3.63) is 255 Å². The van der Waals surface area contributed by atoms with Crippen molar-refractivity contribution in [2.24, 2.45) is 0 Å². The summed E-state index contributed by atoms with van der Waals surface area (Å²) in [5.41, 5.74) is 29.8. The van der Waals surface area contributed by atoms with Crippen LogP contribution in [0, 0.1) is 0 Å². The molecule has 11 aromatic carbocycles. The van der Waals surface area contributed by atoms with Crippen molar-refractivity contribution in [2.45, 2.75) is 0 Å². The zero-order valence-corrected chi connectivity index (χ0v) is 40.2. The fourth-order valence-electron chi connectivity index (χ4n) is 14.0. The number of para-hydroxylation sites is 8. The Labute approximate surface area is 431 Å². The summed E-state index contributed by atoms with van der Waals surface area (Å²) in [6.45, 7) is -0.0994. The van der Waals surface area contributed by atoms with Crippen LogP contribution in [0.2, 0.25) is 0 Å². The second kappa shape index (κ2) is 15.1. The van der Waals surface area contributed by atoms with Crippen LogP contribution in [0.25, 0.3) is 0 Å². The molecule has 0 fully saturated rings. The van der Waals surface area contributed by atoms with Gasteiger partial charge in [0.1, 0.15) is 0 Å². The van der Waals surface area contributed by atoms with Crippen molar-refractivity contribution in [1.82, 2.24) is 0 Å². The van der Waals surface area contributed by atoms with Gasteiger partial charge in [0.2, 0.25) is 0 Å². The van der Waals surface area contributed by atoms with E-state index in [1.54, 1.807) is 0 Å². The van der Waals surface area contributed by atoms with E-state index in [9.17, 15) is 0 Å². The highest BCUT2D eigenvalue weighted by molar-refractivity contribution is 7.05. The lowest BCUT2D eigenvalue weighted by Crippen LogP contribution is -2.69. The van der Waals surface area contributed by atoms with E-state index in [1.807, 2.05) is 0 Å². The van der Waals surface area contributed by atoms with Gasteiger partial charge in [-0.2, -0.15) is 0 Å². The fraction of sp³-hybridized carbons (Fsp3) is 0. The Morgan fingerprint density at radius 1 is 0.189 bits per heavy atom. The first-order chi connectivity index (χ1) is 36.8. The Morgan fingerprint density at radius 2 is 0.473 bits per heavy atom. The lowest BCUT2D eigenvalue weighted by molar-refractivity contribution is 1.22. The van der Waals surface area contributed by atoms with Crippen LogP contribution in [0.3, 0.4) is 0 Å². The second-order valence-electron chi connectivity index (χ2n) is 20.3. The molecule has 6 aliphatic rings. The minimum absolute atomic E-state index is 0.0241. The highest BCUT2D eigenvalue weighted by Crippen LogP contribution is 2.51. The van der Waals surface area contributed by atoms with Crippen molar-refractivity contribution in [3.63, 3.8) is 0 Å². The number of hydrogen-bond acceptors (Lipinski definition) is 5. The SMILES string of the molecule is c1ccc(N2c3ccccc3B3c4cc5c(cc4N(c4ccccc4)c4cccc2c43)B2c3ccccc3N3c4ccccc4B4c6ccccc6N(c6ccccc6)c6cc(c2c3c64)N5c2ccccc2)cc1. The van der Waals surface area contributed by atoms with E-state index in [4.69, 9.17) is 0 Å². The lowest BCUT2D eigenvalue weighted by atomic mass is 9.28. The zero-order valence-electron chi connectivity index (χ0n) is 40.2. The Hall–Kier alpha value is -9.39. The Morgan fingerprint density at radius 3 is 0.878 bits per heavy atom. The summed E-state index contributed by atoms with van der Waals surface area (Å²) >= 11 is 0. The van der Waals surface area contributed by atoms with E-state index in [0.717, 1.165) is 22.7 Å². The van der Waals surface area contributed by atoms with Gasteiger partial charge in [-0.25, -0.2) is 0 Å². The monoisotopic (exact) mass is 937 g/mol. The predicted octanol–water partition coefficient (Wildman–Crippen LogP) is 10.5. The number of anilines is 15. The average Bonchev–Trinajstić information content (AvgIpc) is 3.48. The molecule has 0 saturated heterocycles. The smallest absolute Gasteiger partial charge is 0.252 e. The van der Waals surface area contributed by atoms with Crippen LogP contribution in [-0.4, -0.2) is 20.1 Å². The molecule has 0 aromatic heterocycles. The Bertz CT molecular complexity index is 4140. The third-order valence-electron chi connectivity index (χ3n) is 16.7. The molecule has 0 radical (unpaired) electrons. The number of nitrogens with zero attached hydrogens (tertiary/aromatic N) is 5. The molecular weight excluding hydrogens is 895 g/mol. The molecule has 6 aliphatic heterocycles. The van der Waals surface area contributed by atoms with Gasteiger partial charge in [-0.15, -0.1) is 0 Å². The molecular formula is C66H42B3N5. The van der Waals surface area contributed by atoms with E-state index >= 15 is 0 Å². The van der Waals surface area contributed by atoms with Crippen LogP contribution in [0.5, 0.6) is 0 Å². The third kappa shape index (κ3) is 5.26. The fourth-order valence-corrected chi connectivity index (χ4v) is 14.0. The molecule has 0 saturated carbocycles. The van der Waals surface area contributed by atoms with Crippen LogP contribution in [0.15, 0.2) is 255 Å². The molecule has 340 valence electrons. The van der Waals surface area contributed by atoms with E-state index < -0.39 is 0 Å². The molecule has 0 N–H and O–H groups in total. The molecule has 0 amide bonds. The molecule has 6 heterocycles. The van der Waals surface area contributed by atoms with Crippen molar-refractivity contribution < 1.29 is 0 Å². The van der Waals surface area contributed by atoms with E-state index in [2.05, 4.69) is 279 Å². The first-order valence-electron chi connectivity index (χ1n) is 25.9. The largest absolute Gasteiger partial charge is 0.312 e. The van der Waals surface area contributed by atoms with Gasteiger partial charge in [-0.3, -0.25) is 0 Å². The predicted molar refractivity (Wildman–Crippen MR) is 314 cm³/mol. The minimum Gasteiger partial charge on any atom is -0.312 e. The summed E-state index contributed by atoms with van der Waals surface area (Å²) < 4.78 is 0. The maximum atomic E-state index is 2.63. The average molecular weight is 938 g/mol. The van der Waals surface area contributed by atoms with Crippen molar-refractivity contribution in [2.75, 3.05) is 24.5 Å². The van der Waals surface area contributed by atoms with Crippen molar-refractivity contribution in [3.8, 4) is 0 Å². The van der Waals surface area contributed by atoms with Crippen LogP contribution in [0.1, 0.15) is 0 Å². The summed E-state index contributed by atoms with van der Waals surface area (Å²) in [6.07, 6.45) is 0. The lowest BCUT2D eigenvalue weighted by Gasteiger charge is -2.51. The standard InChI is InChI=1S/C66H42B3N5/c1-5-22-43(23-6-1)70-53-34-17-14-31-48(53)68-51-40-60-52(41-59(51)72(45-26-9-3-10-27-45)58-39-21-38-57(70)63(58)68)69-50-33-16-20-37-56(50)74-55-36-19-15-32-49(55)67-47-30-13-18-35-54(47)71(44-24-7-2-8-25-44)61-42-62(65(69)66(74)64(61)67)73(60)46-28-11-4-12-29-46/h1-42H. The van der Waals surface area contributed by atoms with Gasteiger partial charge in [-0.1, -0.05) is 152 Å². The highest BCUT2D eigenvalue weighted by atomic mass is 15.2. The van der Waals surface area contributed by atoms with Gasteiger partial charge in [0, 0.05) is 85.3 Å². The number of benzene rings is 11. The molecule has 11 aromatic rings. The summed E-state index contributed by atoms with van der Waals surface area (Å²) in [5.74, 6) is 0. The Kier molecular flexibility index (Phi) is 8.20. The molecule has 0 aliphatic carbocycles. The first kappa shape index (κ1) is 40.2.